The van der Waals surface area contributed by atoms with Crippen molar-refractivity contribution in [3.8, 4) is 11.8 Å². The number of rotatable bonds is 7. The van der Waals surface area contributed by atoms with E-state index < -0.39 is 23.7 Å². The second kappa shape index (κ2) is 11.5. The summed E-state index contributed by atoms with van der Waals surface area (Å²) in [4.78, 5) is 18.8. The number of carboxylic acid groups (broad SMARTS) is 1. The summed E-state index contributed by atoms with van der Waals surface area (Å²) in [5, 5.41) is 18.6. The lowest BCUT2D eigenvalue weighted by atomic mass is 9.86. The lowest BCUT2D eigenvalue weighted by molar-refractivity contribution is -0.0592. The van der Waals surface area contributed by atoms with Crippen LogP contribution in [0.1, 0.15) is 69.7 Å². The molecule has 1 N–H and O–H groups in total. The molecule has 2 atom stereocenters. The maximum Gasteiger partial charge on any atom is 0.335 e. The molecule has 8 nitrogen and oxygen atoms in total. The van der Waals surface area contributed by atoms with Gasteiger partial charge >= 0.3 is 5.97 Å². The highest BCUT2D eigenvalue weighted by Gasteiger charge is 2.31. The van der Waals surface area contributed by atoms with E-state index in [1.807, 2.05) is 18.2 Å². The van der Waals surface area contributed by atoms with Crippen LogP contribution in [0.25, 0.3) is 16.9 Å². The summed E-state index contributed by atoms with van der Waals surface area (Å²) in [6.07, 6.45) is 3.02. The van der Waals surface area contributed by atoms with E-state index in [1.165, 1.54) is 18.2 Å². The Hall–Kier alpha value is -4.59. The number of nitrogens with zero attached hydrogens (tertiary/aromatic N) is 4. The molecule has 0 unspecified atom stereocenters. The third-order valence-electron chi connectivity index (χ3n) is 8.93. The van der Waals surface area contributed by atoms with Gasteiger partial charge in [0.2, 0.25) is 0 Å². The van der Waals surface area contributed by atoms with Gasteiger partial charge in [0.1, 0.15) is 29.3 Å². The van der Waals surface area contributed by atoms with Gasteiger partial charge < -0.3 is 19.1 Å². The van der Waals surface area contributed by atoms with E-state index in [0.717, 1.165) is 67.4 Å². The number of hydrogen-bond donors (Lipinski definition) is 1. The van der Waals surface area contributed by atoms with Crippen LogP contribution in [0.3, 0.4) is 0 Å². The Morgan fingerprint density at radius 3 is 2.59 bits per heavy atom. The van der Waals surface area contributed by atoms with E-state index in [9.17, 15) is 14.3 Å². The fourth-order valence-electron chi connectivity index (χ4n) is 6.42. The second-order valence-electron chi connectivity index (χ2n) is 11.6. The lowest BCUT2D eigenvalue weighted by Crippen LogP contribution is -2.35. The summed E-state index contributed by atoms with van der Waals surface area (Å²) in [5.74, 6) is -0.605. The van der Waals surface area contributed by atoms with Crippen molar-refractivity contribution in [2.24, 2.45) is 0 Å². The van der Waals surface area contributed by atoms with Gasteiger partial charge in [-0.2, -0.15) is 5.26 Å². The van der Waals surface area contributed by atoms with Crippen LogP contribution in [0.15, 0.2) is 60.7 Å². The number of fused-ring (bicyclic) bond motifs is 2. The Morgan fingerprint density at radius 1 is 1.07 bits per heavy atom. The predicted octanol–water partition coefficient (Wildman–Crippen LogP) is 6.36. The number of ether oxygens (including phenoxy) is 2. The molecule has 2 fully saturated rings. The van der Waals surface area contributed by atoms with Crippen LogP contribution in [0.5, 0.6) is 5.75 Å². The van der Waals surface area contributed by atoms with Crippen molar-refractivity contribution in [1.82, 2.24) is 14.5 Å². The SMILES string of the molecule is N#Cc1ccc([C@H]2C=C(F)c3cccc(C4CCN(Cc5nc6ccc(C(=O)O)cc6n5C[C@@H]5CCO5)CC4)c3O2)c(F)c1. The fraction of sp³-hybridized carbons (Fsp3) is 0.324. The van der Waals surface area contributed by atoms with Gasteiger partial charge in [-0.1, -0.05) is 18.2 Å². The summed E-state index contributed by atoms with van der Waals surface area (Å²) >= 11 is 0. The molecule has 0 saturated carbocycles. The molecule has 3 aliphatic rings. The maximum absolute atomic E-state index is 15.3. The number of aromatic carboxylic acids is 1. The molecule has 3 aromatic carbocycles. The minimum atomic E-state index is -0.973. The lowest BCUT2D eigenvalue weighted by Gasteiger charge is -2.34. The molecule has 0 bridgehead atoms. The molecule has 0 radical (unpaired) electrons. The van der Waals surface area contributed by atoms with Crippen LogP contribution in [-0.4, -0.2) is 51.3 Å². The summed E-state index contributed by atoms with van der Waals surface area (Å²) in [6.45, 7) is 3.53. The molecule has 224 valence electrons. The van der Waals surface area contributed by atoms with E-state index in [1.54, 1.807) is 24.3 Å². The number of imidazole rings is 1. The zero-order chi connectivity index (χ0) is 30.4. The summed E-state index contributed by atoms with van der Waals surface area (Å²) in [6, 6.07) is 16.5. The Labute approximate surface area is 252 Å². The summed E-state index contributed by atoms with van der Waals surface area (Å²) in [7, 11) is 0. The molecule has 4 aromatic rings. The van der Waals surface area contributed by atoms with Crippen molar-refractivity contribution in [2.75, 3.05) is 19.7 Å². The Balaban J connectivity index is 1.09. The number of likely N-dealkylation sites (tertiary alicyclic amines) is 1. The molecule has 10 heteroatoms. The molecular weight excluding hydrogens is 566 g/mol. The van der Waals surface area contributed by atoms with Gasteiger partial charge in [-0.3, -0.25) is 4.90 Å². The van der Waals surface area contributed by atoms with Crippen LogP contribution < -0.4 is 4.74 Å². The van der Waals surface area contributed by atoms with Gasteiger partial charge in [0.15, 0.2) is 0 Å². The zero-order valence-corrected chi connectivity index (χ0v) is 23.9. The van der Waals surface area contributed by atoms with Gasteiger partial charge in [-0.05, 0) is 86.3 Å². The van der Waals surface area contributed by atoms with Crippen LogP contribution in [0, 0.1) is 17.1 Å². The highest BCUT2D eigenvalue weighted by molar-refractivity contribution is 5.92. The number of nitriles is 1. The highest BCUT2D eigenvalue weighted by Crippen LogP contribution is 2.45. The van der Waals surface area contributed by atoms with Crippen molar-refractivity contribution in [3.63, 3.8) is 0 Å². The Kier molecular flexibility index (Phi) is 7.36. The van der Waals surface area contributed by atoms with Crippen molar-refractivity contribution >= 4 is 22.8 Å². The topological polar surface area (TPSA) is 101 Å². The predicted molar refractivity (Wildman–Crippen MR) is 158 cm³/mol. The van der Waals surface area contributed by atoms with Crippen LogP contribution >= 0.6 is 0 Å². The van der Waals surface area contributed by atoms with E-state index >= 15 is 4.39 Å². The smallest absolute Gasteiger partial charge is 0.335 e. The molecule has 1 aromatic heterocycles. The number of benzene rings is 3. The molecule has 0 amide bonds. The fourth-order valence-corrected chi connectivity index (χ4v) is 6.42. The quantitative estimate of drug-likeness (QED) is 0.265. The minimum Gasteiger partial charge on any atom is -0.480 e. The number of hydrogen-bond acceptors (Lipinski definition) is 6. The van der Waals surface area contributed by atoms with Gasteiger partial charge in [0.05, 0.1) is 53.0 Å². The molecule has 0 spiro atoms. The molecule has 4 heterocycles. The summed E-state index contributed by atoms with van der Waals surface area (Å²) < 4.78 is 44.2. The Morgan fingerprint density at radius 2 is 1.89 bits per heavy atom. The van der Waals surface area contributed by atoms with Crippen molar-refractivity contribution in [1.29, 1.82) is 5.26 Å². The first kappa shape index (κ1) is 28.2. The van der Waals surface area contributed by atoms with E-state index in [0.29, 0.717) is 24.4 Å². The average Bonchev–Trinajstić information content (AvgIpc) is 3.34. The zero-order valence-electron chi connectivity index (χ0n) is 23.9. The van der Waals surface area contributed by atoms with E-state index in [-0.39, 0.29) is 28.7 Å². The number of aromatic nitrogens is 2. The van der Waals surface area contributed by atoms with Crippen LogP contribution in [-0.2, 0) is 17.8 Å². The van der Waals surface area contributed by atoms with Crippen LogP contribution in [0.4, 0.5) is 8.78 Å². The van der Waals surface area contributed by atoms with Gasteiger partial charge in [0.25, 0.3) is 0 Å². The monoisotopic (exact) mass is 596 g/mol. The van der Waals surface area contributed by atoms with E-state index in [4.69, 9.17) is 19.7 Å². The first-order chi connectivity index (χ1) is 21.4. The minimum absolute atomic E-state index is 0.0886. The standard InChI is InChI=1S/C34H30F2N4O4/c35-27-14-20(17-37)4-6-25(27)31-16-28(36)26-3-1-2-24(33(26)44-31)21-8-11-39(12-9-21)19-32-38-29-7-5-22(34(41)42)15-30(29)40(32)18-23-10-13-43-23/h1-7,14-16,21,23,31H,8-13,18-19H2,(H,41,42)/t23-,31+/m0/s1. The maximum atomic E-state index is 15.3. The normalized spacial score (nSPS) is 20.3. The molecule has 44 heavy (non-hydrogen) atoms. The number of carboxylic acids is 1. The number of halogens is 2. The Bertz CT molecular complexity index is 1830. The average molecular weight is 597 g/mol. The molecule has 0 aliphatic carbocycles. The first-order valence-electron chi connectivity index (χ1n) is 14.8. The van der Waals surface area contributed by atoms with Crippen molar-refractivity contribution in [2.45, 2.75) is 50.5 Å². The summed E-state index contributed by atoms with van der Waals surface area (Å²) in [5.41, 5.74) is 3.42. The van der Waals surface area contributed by atoms with Gasteiger partial charge in [0, 0.05) is 12.2 Å². The van der Waals surface area contributed by atoms with Gasteiger partial charge in [-0.15, -0.1) is 0 Å². The van der Waals surface area contributed by atoms with Crippen molar-refractivity contribution in [3.05, 3.63) is 100 Å². The van der Waals surface area contributed by atoms with Crippen molar-refractivity contribution < 1.29 is 28.2 Å². The molecule has 3 aliphatic heterocycles. The van der Waals surface area contributed by atoms with Crippen LogP contribution in [0.2, 0.25) is 0 Å². The molecule has 7 rings (SSSR count). The third kappa shape index (κ3) is 5.23. The largest absolute Gasteiger partial charge is 0.480 e. The number of carbonyl (C=O) groups is 1. The number of para-hydroxylation sites is 1. The number of piperidine rings is 1. The molecule has 2 saturated heterocycles. The highest BCUT2D eigenvalue weighted by atomic mass is 19.1. The second-order valence-corrected chi connectivity index (χ2v) is 11.6. The first-order valence-corrected chi connectivity index (χ1v) is 14.8. The van der Waals surface area contributed by atoms with E-state index in [2.05, 4.69) is 9.47 Å². The van der Waals surface area contributed by atoms with Gasteiger partial charge in [-0.25, -0.2) is 18.6 Å². The molecular formula is C34H30F2N4O4. The third-order valence-corrected chi connectivity index (χ3v) is 8.93.